The van der Waals surface area contributed by atoms with Crippen LogP contribution in [-0.4, -0.2) is 42.7 Å². The number of methoxy groups -OCH3 is 2. The molecule has 0 saturated carbocycles. The molecular formula is C30H32N2O5. The Morgan fingerprint density at radius 1 is 0.946 bits per heavy atom. The summed E-state index contributed by atoms with van der Waals surface area (Å²) in [6.07, 6.45) is 11.2. The highest BCUT2D eigenvalue weighted by Gasteiger charge is 2.44. The van der Waals surface area contributed by atoms with E-state index in [-0.39, 0.29) is 17.9 Å². The Hall–Kier alpha value is -4.13. The number of allylic oxidation sites excluding steroid dienone is 3. The number of nitrogens with one attached hydrogen (secondary N) is 1. The van der Waals surface area contributed by atoms with Crippen LogP contribution in [0.5, 0.6) is 5.75 Å². The Labute approximate surface area is 217 Å². The number of aromatic nitrogens is 2. The molecule has 0 amide bonds. The molecule has 1 heterocycles. The van der Waals surface area contributed by atoms with Crippen molar-refractivity contribution in [1.29, 1.82) is 0 Å². The lowest BCUT2D eigenvalue weighted by Crippen LogP contribution is -2.36. The Kier molecular flexibility index (Phi) is 8.23. The molecule has 192 valence electrons. The van der Waals surface area contributed by atoms with E-state index in [2.05, 4.69) is 26.8 Å². The molecule has 37 heavy (non-hydrogen) atoms. The van der Waals surface area contributed by atoms with E-state index in [1.54, 1.807) is 6.20 Å². The van der Waals surface area contributed by atoms with Crippen LogP contribution in [0.25, 0.3) is 22.5 Å². The molecular weight excluding hydrogens is 468 g/mol. The van der Waals surface area contributed by atoms with Crippen LogP contribution in [0, 0.1) is 5.41 Å². The topological polar surface area (TPSA) is 90.5 Å². The maximum absolute atomic E-state index is 12.7. The van der Waals surface area contributed by atoms with Crippen molar-refractivity contribution < 1.29 is 23.8 Å². The van der Waals surface area contributed by atoms with Crippen molar-refractivity contribution in [2.45, 2.75) is 32.1 Å². The van der Waals surface area contributed by atoms with Gasteiger partial charge in [0.2, 0.25) is 0 Å². The summed E-state index contributed by atoms with van der Waals surface area (Å²) in [5.41, 5.74) is 3.21. The summed E-state index contributed by atoms with van der Waals surface area (Å²) in [4.78, 5) is 31.9. The number of H-pyrrole nitrogens is 1. The zero-order valence-corrected chi connectivity index (χ0v) is 21.4. The number of benzene rings is 2. The molecule has 0 bridgehead atoms. The highest BCUT2D eigenvalue weighted by molar-refractivity contribution is 5.81. The largest absolute Gasteiger partial charge is 0.494 e. The minimum absolute atomic E-state index is 0.184. The molecule has 0 fully saturated rings. The first-order valence-corrected chi connectivity index (χ1v) is 12.4. The van der Waals surface area contributed by atoms with Gasteiger partial charge in [-0.25, -0.2) is 4.98 Å². The maximum atomic E-state index is 12.7. The SMILES string of the molecule is CCC1(C(=O)OC)C=CC=CC1c1cnc(-c2ccc(-c3ccc(OCCCC(=O)OC)cc3)cc2)[nH]1. The van der Waals surface area contributed by atoms with Crippen molar-refractivity contribution in [2.75, 3.05) is 20.8 Å². The van der Waals surface area contributed by atoms with Crippen LogP contribution in [0.3, 0.4) is 0 Å². The standard InChI is InChI=1S/C30H32N2O5/c1-4-30(29(34)36-3)18-6-5-8-25(30)26-20-31-28(32-26)23-12-10-21(11-13-23)22-14-16-24(17-15-22)37-19-7-9-27(33)35-2/h5-6,8,10-18,20,25H,4,7,9,19H2,1-3H3,(H,31,32). The van der Waals surface area contributed by atoms with Crippen molar-refractivity contribution in [2.24, 2.45) is 5.41 Å². The van der Waals surface area contributed by atoms with Gasteiger partial charge in [-0.15, -0.1) is 0 Å². The average Bonchev–Trinajstić information content (AvgIpc) is 3.45. The third kappa shape index (κ3) is 5.66. The Balaban J connectivity index is 1.43. The predicted octanol–water partition coefficient (Wildman–Crippen LogP) is 5.85. The fourth-order valence-electron chi connectivity index (χ4n) is 4.64. The van der Waals surface area contributed by atoms with E-state index in [1.807, 2.05) is 67.6 Å². The fraction of sp³-hybridized carbons (Fsp3) is 0.300. The summed E-state index contributed by atoms with van der Waals surface area (Å²) in [5, 5.41) is 0. The Morgan fingerprint density at radius 2 is 1.62 bits per heavy atom. The van der Waals surface area contributed by atoms with Gasteiger partial charge in [0, 0.05) is 29.8 Å². The lowest BCUT2D eigenvalue weighted by Gasteiger charge is -2.34. The Morgan fingerprint density at radius 3 is 2.27 bits per heavy atom. The highest BCUT2D eigenvalue weighted by Crippen LogP contribution is 2.44. The van der Waals surface area contributed by atoms with Crippen LogP contribution in [0.1, 0.15) is 37.8 Å². The van der Waals surface area contributed by atoms with Gasteiger partial charge in [-0.05, 0) is 36.1 Å². The van der Waals surface area contributed by atoms with E-state index in [1.165, 1.54) is 14.2 Å². The number of rotatable bonds is 10. The number of nitrogens with zero attached hydrogens (tertiary/aromatic N) is 1. The molecule has 1 aliphatic carbocycles. The van der Waals surface area contributed by atoms with Crippen molar-refractivity contribution in [3.8, 4) is 28.3 Å². The third-order valence-corrected chi connectivity index (χ3v) is 6.81. The van der Waals surface area contributed by atoms with Gasteiger partial charge in [0.05, 0.1) is 26.2 Å². The van der Waals surface area contributed by atoms with Gasteiger partial charge in [-0.2, -0.15) is 0 Å². The molecule has 0 aliphatic heterocycles. The number of hydrogen-bond acceptors (Lipinski definition) is 6. The molecule has 2 unspecified atom stereocenters. The number of esters is 2. The fourth-order valence-corrected chi connectivity index (χ4v) is 4.64. The quantitative estimate of drug-likeness (QED) is 0.277. The summed E-state index contributed by atoms with van der Waals surface area (Å²) in [6, 6.07) is 16.0. The van der Waals surface area contributed by atoms with Crippen LogP contribution in [-0.2, 0) is 19.1 Å². The van der Waals surface area contributed by atoms with Crippen molar-refractivity contribution in [1.82, 2.24) is 9.97 Å². The van der Waals surface area contributed by atoms with Gasteiger partial charge in [0.15, 0.2) is 0 Å². The van der Waals surface area contributed by atoms with Crippen molar-refractivity contribution in [3.05, 3.63) is 84.7 Å². The van der Waals surface area contributed by atoms with Crippen LogP contribution >= 0.6 is 0 Å². The molecule has 0 radical (unpaired) electrons. The van der Waals surface area contributed by atoms with E-state index in [9.17, 15) is 9.59 Å². The zero-order chi connectivity index (χ0) is 26.3. The van der Waals surface area contributed by atoms with Crippen molar-refractivity contribution in [3.63, 3.8) is 0 Å². The van der Waals surface area contributed by atoms with Crippen LogP contribution in [0.4, 0.5) is 0 Å². The summed E-state index contributed by atoms with van der Waals surface area (Å²) < 4.78 is 15.5. The van der Waals surface area contributed by atoms with Gasteiger partial charge in [0.1, 0.15) is 11.6 Å². The Bertz CT molecular complexity index is 1270. The summed E-state index contributed by atoms with van der Waals surface area (Å²) in [6.45, 7) is 2.45. The van der Waals surface area contributed by atoms with Crippen LogP contribution in [0.2, 0.25) is 0 Å². The van der Waals surface area contributed by atoms with E-state index < -0.39 is 5.41 Å². The second-order valence-electron chi connectivity index (χ2n) is 8.92. The van der Waals surface area contributed by atoms with E-state index in [4.69, 9.17) is 9.47 Å². The first-order valence-electron chi connectivity index (χ1n) is 12.4. The molecule has 4 rings (SSSR count). The smallest absolute Gasteiger partial charge is 0.316 e. The summed E-state index contributed by atoms with van der Waals surface area (Å²) in [7, 11) is 2.81. The number of carbonyl (C=O) groups is 2. The van der Waals surface area contributed by atoms with E-state index in [0.717, 1.165) is 34.0 Å². The lowest BCUT2D eigenvalue weighted by atomic mass is 9.69. The molecule has 1 aliphatic rings. The van der Waals surface area contributed by atoms with Crippen LogP contribution in [0.15, 0.2) is 79.0 Å². The highest BCUT2D eigenvalue weighted by atomic mass is 16.5. The number of carbonyl (C=O) groups excluding carboxylic acids is 2. The molecule has 1 N–H and O–H groups in total. The normalized spacial score (nSPS) is 18.4. The minimum Gasteiger partial charge on any atom is -0.494 e. The molecule has 3 aromatic rings. The molecule has 7 nitrogen and oxygen atoms in total. The lowest BCUT2D eigenvalue weighted by molar-refractivity contribution is -0.150. The minimum atomic E-state index is -0.756. The number of aromatic amines is 1. The second kappa shape index (κ2) is 11.7. The summed E-state index contributed by atoms with van der Waals surface area (Å²) >= 11 is 0. The molecule has 2 aromatic carbocycles. The van der Waals surface area contributed by atoms with Gasteiger partial charge >= 0.3 is 11.9 Å². The monoisotopic (exact) mass is 500 g/mol. The number of ether oxygens (including phenoxy) is 3. The predicted molar refractivity (Wildman–Crippen MR) is 142 cm³/mol. The second-order valence-corrected chi connectivity index (χ2v) is 8.92. The van der Waals surface area contributed by atoms with Crippen molar-refractivity contribution >= 4 is 11.9 Å². The maximum Gasteiger partial charge on any atom is 0.316 e. The van der Waals surface area contributed by atoms with Gasteiger partial charge < -0.3 is 19.2 Å². The molecule has 2 atom stereocenters. The summed E-state index contributed by atoms with van der Waals surface area (Å²) in [5.74, 6) is 0.840. The first kappa shape index (κ1) is 25.9. The molecule has 7 heteroatoms. The van der Waals surface area contributed by atoms with E-state index >= 15 is 0 Å². The third-order valence-electron chi connectivity index (χ3n) is 6.81. The van der Waals surface area contributed by atoms with Gasteiger partial charge in [-0.3, -0.25) is 9.59 Å². The van der Waals surface area contributed by atoms with Gasteiger partial charge in [0.25, 0.3) is 0 Å². The number of hydrogen-bond donors (Lipinski definition) is 1. The first-order chi connectivity index (χ1) is 18.0. The zero-order valence-electron chi connectivity index (χ0n) is 21.4. The van der Waals surface area contributed by atoms with E-state index in [0.29, 0.717) is 25.9 Å². The molecule has 0 spiro atoms. The number of imidazole rings is 1. The van der Waals surface area contributed by atoms with Gasteiger partial charge in [-0.1, -0.05) is 67.6 Å². The molecule has 0 saturated heterocycles. The average molecular weight is 501 g/mol. The molecule has 1 aromatic heterocycles. The van der Waals surface area contributed by atoms with Crippen LogP contribution < -0.4 is 4.74 Å².